The zero-order valence-electron chi connectivity index (χ0n) is 9.93. The molecule has 0 aliphatic carbocycles. The molecule has 1 amide bonds. The van der Waals surface area contributed by atoms with Crippen LogP contribution in [0, 0.1) is 5.41 Å². The maximum absolute atomic E-state index is 11.8. The van der Waals surface area contributed by atoms with Gasteiger partial charge in [-0.1, -0.05) is 0 Å². The number of hydrogen-bond acceptors (Lipinski definition) is 3. The van der Waals surface area contributed by atoms with E-state index in [-0.39, 0.29) is 17.4 Å². The molecular formula is C11H22N2O2. The van der Waals surface area contributed by atoms with Crippen LogP contribution in [0.5, 0.6) is 0 Å². The molecule has 1 rings (SSSR count). The third-order valence-corrected chi connectivity index (χ3v) is 2.76. The molecule has 1 aliphatic heterocycles. The van der Waals surface area contributed by atoms with E-state index < -0.39 is 0 Å². The third kappa shape index (κ3) is 3.80. The molecule has 1 fully saturated rings. The van der Waals surface area contributed by atoms with Crippen molar-refractivity contribution in [2.45, 2.75) is 33.3 Å². The zero-order chi connectivity index (χ0) is 11.3. The summed E-state index contributed by atoms with van der Waals surface area (Å²) in [6, 6.07) is 0. The van der Waals surface area contributed by atoms with Crippen molar-refractivity contribution in [3.05, 3.63) is 0 Å². The smallest absolute Gasteiger partial charge is 0.227 e. The molecule has 0 saturated carbocycles. The van der Waals surface area contributed by atoms with Crippen LogP contribution in [-0.2, 0) is 9.53 Å². The first-order valence-electron chi connectivity index (χ1n) is 5.65. The maximum atomic E-state index is 11.8. The molecule has 0 bridgehead atoms. The van der Waals surface area contributed by atoms with E-state index in [1.807, 2.05) is 20.8 Å². The SMILES string of the molecule is CC(C)OCCNC(=O)C1(C)CCNC1. The zero-order valence-corrected chi connectivity index (χ0v) is 9.93. The monoisotopic (exact) mass is 214 g/mol. The van der Waals surface area contributed by atoms with Gasteiger partial charge in [-0.2, -0.15) is 0 Å². The minimum atomic E-state index is -0.224. The molecule has 1 atom stereocenters. The molecule has 4 heteroatoms. The first-order chi connectivity index (χ1) is 7.04. The Balaban J connectivity index is 2.18. The molecule has 1 aliphatic rings. The van der Waals surface area contributed by atoms with Gasteiger partial charge in [0.15, 0.2) is 0 Å². The van der Waals surface area contributed by atoms with Crippen molar-refractivity contribution in [3.8, 4) is 0 Å². The highest BCUT2D eigenvalue weighted by Crippen LogP contribution is 2.24. The Kier molecular flexibility index (Phi) is 4.54. The standard InChI is InChI=1S/C11H22N2O2/c1-9(2)15-7-6-13-10(14)11(3)4-5-12-8-11/h9,12H,4-8H2,1-3H3,(H,13,14). The molecular weight excluding hydrogens is 192 g/mol. The van der Waals surface area contributed by atoms with E-state index in [1.54, 1.807) is 0 Å². The minimum Gasteiger partial charge on any atom is -0.377 e. The third-order valence-electron chi connectivity index (χ3n) is 2.76. The molecule has 0 aromatic carbocycles. The fraction of sp³-hybridized carbons (Fsp3) is 0.909. The quantitative estimate of drug-likeness (QED) is 0.656. The van der Waals surface area contributed by atoms with Crippen LogP contribution >= 0.6 is 0 Å². The summed E-state index contributed by atoms with van der Waals surface area (Å²) in [4.78, 5) is 11.8. The lowest BCUT2D eigenvalue weighted by Gasteiger charge is -2.21. The number of nitrogens with one attached hydrogen (secondary N) is 2. The lowest BCUT2D eigenvalue weighted by Crippen LogP contribution is -2.41. The van der Waals surface area contributed by atoms with E-state index in [0.717, 1.165) is 19.5 Å². The number of rotatable bonds is 5. The molecule has 0 spiro atoms. The molecule has 0 radical (unpaired) electrons. The highest BCUT2D eigenvalue weighted by molar-refractivity contribution is 5.82. The van der Waals surface area contributed by atoms with E-state index in [4.69, 9.17) is 4.74 Å². The molecule has 88 valence electrons. The largest absolute Gasteiger partial charge is 0.377 e. The topological polar surface area (TPSA) is 50.4 Å². The number of amides is 1. The fourth-order valence-electron chi connectivity index (χ4n) is 1.68. The Bertz CT molecular complexity index is 211. The van der Waals surface area contributed by atoms with Crippen LogP contribution in [0.4, 0.5) is 0 Å². The van der Waals surface area contributed by atoms with Gasteiger partial charge < -0.3 is 15.4 Å². The lowest BCUT2D eigenvalue weighted by atomic mass is 9.89. The molecule has 4 nitrogen and oxygen atoms in total. The van der Waals surface area contributed by atoms with Crippen molar-refractivity contribution < 1.29 is 9.53 Å². The van der Waals surface area contributed by atoms with Crippen LogP contribution in [0.25, 0.3) is 0 Å². The number of hydrogen-bond donors (Lipinski definition) is 2. The first-order valence-corrected chi connectivity index (χ1v) is 5.65. The summed E-state index contributed by atoms with van der Waals surface area (Å²) in [5, 5.41) is 6.13. The van der Waals surface area contributed by atoms with E-state index in [9.17, 15) is 4.79 Å². The fourth-order valence-corrected chi connectivity index (χ4v) is 1.68. The number of carbonyl (C=O) groups excluding carboxylic acids is 1. The van der Waals surface area contributed by atoms with E-state index in [1.165, 1.54) is 0 Å². The minimum absolute atomic E-state index is 0.139. The summed E-state index contributed by atoms with van der Waals surface area (Å²) in [6.07, 6.45) is 1.15. The summed E-state index contributed by atoms with van der Waals surface area (Å²) in [5.41, 5.74) is -0.224. The summed E-state index contributed by atoms with van der Waals surface area (Å²) < 4.78 is 5.36. The summed E-state index contributed by atoms with van der Waals surface area (Å²) in [7, 11) is 0. The predicted molar refractivity (Wildman–Crippen MR) is 59.7 cm³/mol. The van der Waals surface area contributed by atoms with Crippen LogP contribution in [0.15, 0.2) is 0 Å². The Morgan fingerprint density at radius 3 is 2.87 bits per heavy atom. The summed E-state index contributed by atoms with van der Waals surface area (Å²) in [5.74, 6) is 0.139. The predicted octanol–water partition coefficient (Wildman–Crippen LogP) is 0.527. The maximum Gasteiger partial charge on any atom is 0.227 e. The van der Waals surface area contributed by atoms with Gasteiger partial charge in [0, 0.05) is 13.1 Å². The van der Waals surface area contributed by atoms with Crippen molar-refractivity contribution >= 4 is 5.91 Å². The summed E-state index contributed by atoms with van der Waals surface area (Å²) >= 11 is 0. The van der Waals surface area contributed by atoms with Gasteiger partial charge in [0.05, 0.1) is 18.1 Å². The average molecular weight is 214 g/mol. The number of ether oxygens (including phenoxy) is 1. The number of carbonyl (C=O) groups is 1. The van der Waals surface area contributed by atoms with Gasteiger partial charge >= 0.3 is 0 Å². The first kappa shape index (κ1) is 12.5. The van der Waals surface area contributed by atoms with Crippen molar-refractivity contribution in [2.75, 3.05) is 26.2 Å². The van der Waals surface area contributed by atoms with E-state index in [2.05, 4.69) is 10.6 Å². The van der Waals surface area contributed by atoms with Gasteiger partial charge in [-0.25, -0.2) is 0 Å². The van der Waals surface area contributed by atoms with Crippen LogP contribution in [0.2, 0.25) is 0 Å². The highest BCUT2D eigenvalue weighted by Gasteiger charge is 2.35. The van der Waals surface area contributed by atoms with Gasteiger partial charge in [-0.05, 0) is 33.7 Å². The van der Waals surface area contributed by atoms with Gasteiger partial charge in [-0.15, -0.1) is 0 Å². The second-order valence-corrected chi connectivity index (χ2v) is 4.66. The molecule has 1 heterocycles. The molecule has 15 heavy (non-hydrogen) atoms. The molecule has 1 unspecified atom stereocenters. The summed E-state index contributed by atoms with van der Waals surface area (Å²) in [6.45, 7) is 8.90. The van der Waals surface area contributed by atoms with Gasteiger partial charge in [0.1, 0.15) is 0 Å². The molecule has 2 N–H and O–H groups in total. The van der Waals surface area contributed by atoms with Gasteiger partial charge in [0.25, 0.3) is 0 Å². The van der Waals surface area contributed by atoms with E-state index in [0.29, 0.717) is 13.2 Å². The molecule has 1 saturated heterocycles. The van der Waals surface area contributed by atoms with Crippen LogP contribution in [-0.4, -0.2) is 38.3 Å². The van der Waals surface area contributed by atoms with Gasteiger partial charge in [0.2, 0.25) is 5.91 Å². The van der Waals surface area contributed by atoms with Gasteiger partial charge in [-0.3, -0.25) is 4.79 Å². The Hall–Kier alpha value is -0.610. The molecule has 0 aromatic heterocycles. The highest BCUT2D eigenvalue weighted by atomic mass is 16.5. The second kappa shape index (κ2) is 5.47. The Labute approximate surface area is 91.8 Å². The van der Waals surface area contributed by atoms with Crippen molar-refractivity contribution in [2.24, 2.45) is 5.41 Å². The van der Waals surface area contributed by atoms with Crippen molar-refractivity contribution in [1.82, 2.24) is 10.6 Å². The van der Waals surface area contributed by atoms with Crippen LogP contribution in [0.1, 0.15) is 27.2 Å². The normalized spacial score (nSPS) is 25.9. The van der Waals surface area contributed by atoms with E-state index >= 15 is 0 Å². The van der Waals surface area contributed by atoms with Crippen molar-refractivity contribution in [1.29, 1.82) is 0 Å². The van der Waals surface area contributed by atoms with Crippen LogP contribution < -0.4 is 10.6 Å². The Morgan fingerprint density at radius 2 is 2.33 bits per heavy atom. The average Bonchev–Trinajstić information content (AvgIpc) is 2.60. The lowest BCUT2D eigenvalue weighted by molar-refractivity contribution is -0.129. The Morgan fingerprint density at radius 1 is 1.60 bits per heavy atom. The van der Waals surface area contributed by atoms with Crippen LogP contribution in [0.3, 0.4) is 0 Å². The second-order valence-electron chi connectivity index (χ2n) is 4.66. The molecule has 0 aromatic rings. The van der Waals surface area contributed by atoms with Crippen molar-refractivity contribution in [3.63, 3.8) is 0 Å².